The molecule has 0 fully saturated rings. The molecule has 2 N–H and O–H groups in total. The Labute approximate surface area is 84.9 Å². The summed E-state index contributed by atoms with van der Waals surface area (Å²) in [7, 11) is -3.62. The summed E-state index contributed by atoms with van der Waals surface area (Å²) in [4.78, 5) is 19.4. The van der Waals surface area contributed by atoms with Gasteiger partial charge >= 0.3 is 84.3 Å². The zero-order valence-electron chi connectivity index (χ0n) is 8.31. The Morgan fingerprint density at radius 1 is 1.21 bits per heavy atom. The maximum atomic E-state index is 9.68. The van der Waals surface area contributed by atoms with Crippen LogP contribution in [-0.2, 0) is 4.52 Å². The fraction of sp³-hybridized carbons (Fsp3) is 0.400. The molecule has 80 valence electrons. The second kappa shape index (κ2) is 5.42. The predicted octanol–water partition coefficient (Wildman–Crippen LogP) is 1.61. The van der Waals surface area contributed by atoms with Gasteiger partial charge < -0.3 is 0 Å². The molecule has 0 heterocycles. The Kier molecular flexibility index (Phi) is 4.49. The molecule has 1 aromatic carbocycles. The predicted molar refractivity (Wildman–Crippen MR) is 59.7 cm³/mol. The molecular weight excluding hydrogens is 199 g/mol. The Morgan fingerprint density at radius 3 is 2.43 bits per heavy atom. The Balaban J connectivity index is 2.56. The summed E-state index contributed by atoms with van der Waals surface area (Å²) in [6.45, 7) is 2.44. The molecule has 0 bridgehead atoms. The van der Waals surface area contributed by atoms with Crippen LogP contribution in [-0.4, -0.2) is 16.4 Å². The van der Waals surface area contributed by atoms with Crippen molar-refractivity contribution in [1.82, 2.24) is 0 Å². The quantitative estimate of drug-likeness (QED) is 0.580. The van der Waals surface area contributed by atoms with Gasteiger partial charge in [-0.2, -0.15) is 0 Å². The van der Waals surface area contributed by atoms with Crippen LogP contribution in [0, 0.1) is 0 Å². The first-order chi connectivity index (χ1) is 6.67. The number of benzene rings is 1. The molecule has 0 saturated heterocycles. The van der Waals surface area contributed by atoms with E-state index >= 15 is 0 Å². The summed E-state index contributed by atoms with van der Waals surface area (Å²) in [6.07, 6.45) is 1.84. The summed E-state index contributed by atoms with van der Waals surface area (Å²) in [5.41, 5.74) is 0. The first-order valence-electron chi connectivity index (χ1n) is 4.81. The first-order valence-corrected chi connectivity index (χ1v) is 6.61. The summed E-state index contributed by atoms with van der Waals surface area (Å²) < 4.78 is 5.11. The number of unbranched alkanes of at least 4 members (excludes halogenated alkanes) is 1. The molecule has 4 heteroatoms. The molecule has 14 heavy (non-hydrogen) atoms. The second-order valence-electron chi connectivity index (χ2n) is 3.18. The van der Waals surface area contributed by atoms with Crippen LogP contribution < -0.4 is 5.30 Å². The van der Waals surface area contributed by atoms with Crippen LogP contribution in [0.2, 0.25) is 0 Å². The van der Waals surface area contributed by atoms with Crippen LogP contribution in [0.4, 0.5) is 0 Å². The minimum absolute atomic E-state index is 0.407. The molecule has 0 spiro atoms. The van der Waals surface area contributed by atoms with Gasteiger partial charge in [0.25, 0.3) is 0 Å². The van der Waals surface area contributed by atoms with Gasteiger partial charge in [-0.3, -0.25) is 0 Å². The van der Waals surface area contributed by atoms with E-state index in [0.29, 0.717) is 11.9 Å². The average molecular weight is 216 g/mol. The van der Waals surface area contributed by atoms with Crippen LogP contribution >= 0.6 is 7.94 Å². The number of hydrogen-bond donors (Lipinski definition) is 2. The maximum absolute atomic E-state index is 9.68. The van der Waals surface area contributed by atoms with Gasteiger partial charge in [-0.25, -0.2) is 0 Å². The molecule has 0 amide bonds. The number of rotatable bonds is 5. The topological polar surface area (TPSA) is 49.7 Å². The van der Waals surface area contributed by atoms with Crippen LogP contribution in [0.1, 0.15) is 19.8 Å². The van der Waals surface area contributed by atoms with E-state index < -0.39 is 7.94 Å². The summed E-state index contributed by atoms with van der Waals surface area (Å²) >= 11 is 0. The van der Waals surface area contributed by atoms with E-state index in [-0.39, 0.29) is 0 Å². The van der Waals surface area contributed by atoms with Gasteiger partial charge in [0.1, 0.15) is 0 Å². The molecule has 1 rings (SSSR count). The Bertz CT molecular complexity index is 261. The van der Waals surface area contributed by atoms with E-state index in [2.05, 4.69) is 0 Å². The third-order valence-electron chi connectivity index (χ3n) is 1.95. The Hall–Kier alpha value is -0.470. The van der Waals surface area contributed by atoms with Gasteiger partial charge in [0, 0.05) is 0 Å². The minimum atomic E-state index is -3.62. The van der Waals surface area contributed by atoms with Crippen molar-refractivity contribution in [2.75, 3.05) is 6.61 Å². The molecule has 0 aliphatic rings. The van der Waals surface area contributed by atoms with E-state index in [9.17, 15) is 9.79 Å². The van der Waals surface area contributed by atoms with Gasteiger partial charge in [0.2, 0.25) is 0 Å². The van der Waals surface area contributed by atoms with Crippen LogP contribution in [0.25, 0.3) is 0 Å². The second-order valence-corrected chi connectivity index (χ2v) is 5.26. The summed E-state index contributed by atoms with van der Waals surface area (Å²) in [5.74, 6) is 0. The van der Waals surface area contributed by atoms with Crippen molar-refractivity contribution in [3.8, 4) is 0 Å². The third kappa shape index (κ3) is 3.35. The van der Waals surface area contributed by atoms with Crippen LogP contribution in [0.3, 0.4) is 0 Å². The fourth-order valence-corrected chi connectivity index (χ4v) is 2.32. The van der Waals surface area contributed by atoms with E-state index in [0.717, 1.165) is 12.8 Å². The van der Waals surface area contributed by atoms with Gasteiger partial charge in [-0.05, 0) is 0 Å². The van der Waals surface area contributed by atoms with E-state index in [4.69, 9.17) is 4.52 Å². The first kappa shape index (κ1) is 11.6. The van der Waals surface area contributed by atoms with Gasteiger partial charge in [-0.15, -0.1) is 0 Å². The fourth-order valence-electron chi connectivity index (χ4n) is 1.10. The summed E-state index contributed by atoms with van der Waals surface area (Å²) in [5, 5.41) is 0.496. The van der Waals surface area contributed by atoms with Gasteiger partial charge in [-0.1, -0.05) is 0 Å². The normalized spacial score (nSPS) is 12.8. The van der Waals surface area contributed by atoms with Crippen molar-refractivity contribution in [1.29, 1.82) is 0 Å². The van der Waals surface area contributed by atoms with E-state index in [1.165, 1.54) is 0 Å². The SMILES string of the molecule is CCCCO[PH](O)(O)c1ccccc1. The van der Waals surface area contributed by atoms with Crippen molar-refractivity contribution in [3.63, 3.8) is 0 Å². The summed E-state index contributed by atoms with van der Waals surface area (Å²) in [6, 6.07) is 8.73. The van der Waals surface area contributed by atoms with Crippen LogP contribution in [0.5, 0.6) is 0 Å². The molecule has 0 unspecified atom stereocenters. The molecule has 0 aliphatic carbocycles. The molecule has 0 saturated carbocycles. The molecular formula is C10H17O3P. The monoisotopic (exact) mass is 216 g/mol. The van der Waals surface area contributed by atoms with Crippen molar-refractivity contribution in [3.05, 3.63) is 30.3 Å². The molecule has 0 aliphatic heterocycles. The average Bonchev–Trinajstić information content (AvgIpc) is 2.19. The van der Waals surface area contributed by atoms with Gasteiger partial charge in [0.05, 0.1) is 0 Å². The third-order valence-corrected chi connectivity index (χ3v) is 3.64. The Morgan fingerprint density at radius 2 is 1.86 bits per heavy atom. The van der Waals surface area contributed by atoms with Crippen molar-refractivity contribution < 1.29 is 14.3 Å². The van der Waals surface area contributed by atoms with E-state index in [1.807, 2.05) is 13.0 Å². The van der Waals surface area contributed by atoms with Crippen molar-refractivity contribution >= 4 is 13.2 Å². The zero-order valence-corrected chi connectivity index (χ0v) is 9.31. The molecule has 3 nitrogen and oxygen atoms in total. The molecule has 1 aromatic rings. The van der Waals surface area contributed by atoms with Crippen molar-refractivity contribution in [2.24, 2.45) is 0 Å². The number of hydrogen-bond acceptors (Lipinski definition) is 3. The molecule has 0 aromatic heterocycles. The molecule has 0 atom stereocenters. The van der Waals surface area contributed by atoms with Crippen molar-refractivity contribution in [2.45, 2.75) is 19.8 Å². The van der Waals surface area contributed by atoms with Gasteiger partial charge in [0.15, 0.2) is 0 Å². The van der Waals surface area contributed by atoms with Crippen LogP contribution in [0.15, 0.2) is 30.3 Å². The molecule has 0 radical (unpaired) electrons. The van der Waals surface area contributed by atoms with E-state index in [1.54, 1.807) is 24.3 Å². The standard InChI is InChI=1S/C10H17O3P/c1-2-3-9-13-14(11,12)10-7-5-4-6-8-10/h4-8,11-12,14H,2-3,9H2,1H3. The zero-order chi connectivity index (χ0) is 10.4.